The normalized spacial score (nSPS) is 12.9. The lowest BCUT2D eigenvalue weighted by Crippen LogP contribution is -2.48. The topological polar surface area (TPSA) is 53.1 Å². The molecule has 0 atom stereocenters. The van der Waals surface area contributed by atoms with Gasteiger partial charge in [-0.3, -0.25) is 24.1 Å². The second kappa shape index (κ2) is 53.9. The molecule has 0 N–H and O–H groups in total. The van der Waals surface area contributed by atoms with Crippen LogP contribution in [-0.2, 0) is 18.9 Å². The smallest absolute Gasteiger partial charge is 0.209 e. The van der Waals surface area contributed by atoms with Gasteiger partial charge in [-0.25, -0.2) is 0 Å². The average molecular weight is 1220 g/mol. The van der Waals surface area contributed by atoms with E-state index in [-0.39, 0.29) is 0 Å². The van der Waals surface area contributed by atoms with Crippen molar-refractivity contribution in [2.75, 3.05) is 236 Å². The average Bonchev–Trinajstić information content (AvgIpc) is 3.39. The fraction of sp³-hybridized carbons (Fsp3) is 0.986. The van der Waals surface area contributed by atoms with Crippen LogP contribution < -0.4 is 0 Å². The van der Waals surface area contributed by atoms with Crippen molar-refractivity contribution in [3.05, 3.63) is 6.92 Å². The molecule has 518 valence electrons. The number of unbranched alkanes of at least 4 members (excludes halogenated alkanes) is 3. The summed E-state index contributed by atoms with van der Waals surface area (Å²) >= 11 is 0. The van der Waals surface area contributed by atoms with Gasteiger partial charge in [0, 0.05) is 87.4 Å². The third kappa shape index (κ3) is 60.6. The molecule has 0 aliphatic rings. The van der Waals surface area contributed by atoms with E-state index in [2.05, 4.69) is 254 Å². The fourth-order valence-electron chi connectivity index (χ4n) is 10.00. The third-order valence-corrected chi connectivity index (χ3v) is 17.2. The minimum atomic E-state index is 0.573. The maximum Gasteiger partial charge on any atom is 0.209 e. The Kier molecular flexibility index (Phi) is 59.0. The highest BCUT2D eigenvalue weighted by atomic mass is 16.5. The van der Waals surface area contributed by atoms with Crippen molar-refractivity contribution >= 4 is 0 Å². The Morgan fingerprint density at radius 2 is 0.576 bits per heavy atom. The van der Waals surface area contributed by atoms with Crippen LogP contribution in [0.5, 0.6) is 0 Å². The van der Waals surface area contributed by atoms with Crippen molar-refractivity contribution in [1.82, 2.24) is 24.5 Å². The number of hydrogen-bond donors (Lipinski definition) is 0. The first kappa shape index (κ1) is 93.0. The monoisotopic (exact) mass is 1220 g/mol. The van der Waals surface area contributed by atoms with E-state index in [1.54, 1.807) is 0 Å². The van der Waals surface area contributed by atoms with Gasteiger partial charge in [0.05, 0.1) is 176 Å². The number of ether oxygens (including phenoxy) is 4. The maximum atomic E-state index is 5.79. The third-order valence-electron chi connectivity index (χ3n) is 17.2. The Morgan fingerprint density at radius 1 is 0.282 bits per heavy atom. The molecule has 0 bridgehead atoms. The molecule has 0 rings (SSSR count). The van der Waals surface area contributed by atoms with E-state index in [0.29, 0.717) is 61.5 Å². The van der Waals surface area contributed by atoms with Crippen LogP contribution in [0.25, 0.3) is 0 Å². The van der Waals surface area contributed by atoms with Gasteiger partial charge in [-0.2, -0.15) is 0 Å². The lowest BCUT2D eigenvalue weighted by atomic mass is 10.2. The molecule has 0 aromatic carbocycles. The molecule has 0 aliphatic carbocycles. The van der Waals surface area contributed by atoms with Gasteiger partial charge in [0.15, 0.2) is 0 Å². The molecule has 0 saturated carbocycles. The lowest BCUT2D eigenvalue weighted by molar-refractivity contribution is -0.890. The molecule has 0 spiro atoms. The van der Waals surface area contributed by atoms with Crippen molar-refractivity contribution in [3.63, 3.8) is 0 Å². The molecule has 14 heteroatoms. The number of rotatable bonds is 47. The molecule has 0 aromatic heterocycles. The van der Waals surface area contributed by atoms with Crippen molar-refractivity contribution in [2.45, 2.75) is 232 Å². The van der Waals surface area contributed by atoms with Gasteiger partial charge >= 0.3 is 0 Å². The van der Waals surface area contributed by atoms with Gasteiger partial charge in [-0.15, -0.1) is 0 Å². The maximum absolute atomic E-state index is 5.79. The van der Waals surface area contributed by atoms with Crippen LogP contribution in [0, 0.1) is 6.92 Å². The molecule has 85 heavy (non-hydrogen) atoms. The molecular formula is C71H166N10O4+6. The van der Waals surface area contributed by atoms with Crippen LogP contribution in [0.1, 0.15) is 183 Å². The van der Waals surface area contributed by atoms with Gasteiger partial charge in [-0.05, 0) is 178 Å². The number of nitrogens with zero attached hydrogens (tertiary/aromatic N) is 10. The minimum absolute atomic E-state index is 0.573. The van der Waals surface area contributed by atoms with Crippen LogP contribution in [0.2, 0.25) is 0 Å². The Morgan fingerprint density at radius 3 is 0.906 bits per heavy atom. The second-order valence-corrected chi connectivity index (χ2v) is 30.3. The highest BCUT2D eigenvalue weighted by Gasteiger charge is 2.20. The van der Waals surface area contributed by atoms with Crippen molar-refractivity contribution in [3.8, 4) is 0 Å². The summed E-state index contributed by atoms with van der Waals surface area (Å²) in [6, 6.07) is 4.87. The summed E-state index contributed by atoms with van der Waals surface area (Å²) in [6.07, 6.45) is 9.00. The van der Waals surface area contributed by atoms with Crippen molar-refractivity contribution < 1.29 is 41.4 Å². The summed E-state index contributed by atoms with van der Waals surface area (Å²) in [5.41, 5.74) is 0. The first-order valence-electron chi connectivity index (χ1n) is 35.1. The number of hydrogen-bond acceptors (Lipinski definition) is 9. The predicted molar refractivity (Wildman–Crippen MR) is 379 cm³/mol. The molecule has 0 amide bonds. The number of likely N-dealkylation sites (N-methyl/N-ethyl adjacent to an activating group) is 2. The van der Waals surface area contributed by atoms with Crippen LogP contribution in [-0.4, -0.2) is 331 Å². The van der Waals surface area contributed by atoms with E-state index >= 15 is 0 Å². The summed E-state index contributed by atoms with van der Waals surface area (Å²) in [7, 11) is 27.0. The van der Waals surface area contributed by atoms with E-state index in [0.717, 1.165) is 114 Å². The molecule has 0 heterocycles. The quantitative estimate of drug-likeness (QED) is 0.0337. The zero-order valence-corrected chi connectivity index (χ0v) is 64.6. The molecule has 0 fully saturated rings. The molecule has 0 unspecified atom stereocenters. The minimum Gasteiger partial charge on any atom is -0.380 e. The Labute approximate surface area is 537 Å². The molecule has 0 radical (unpaired) electrons. The first-order valence-corrected chi connectivity index (χ1v) is 35.1. The van der Waals surface area contributed by atoms with Gasteiger partial charge < -0.3 is 41.8 Å². The number of quaternary nitrogens is 5. The molecular weight excluding hydrogens is 1060 g/mol. The standard InChI is InChI=1S/C16H37N2O2.C16H37N2O.C15H35N2O.C12H29N2.C12H28N2/c1-8-18(6,7)10-12-20-14-13-19-11-9-17(15(2)3)16(4)5;1-8-11-18(6,7)12-9-13-19-14-10-17(15(2)3)16(4)5;1-8-17(6,7)11-9-12-18-13-10-16(14(2)3)15(4)5;1-8-14(6,7)10-9-13(11(2)3)12(4)5;1-6-14(4,5)12-10-8-7-9-11-13(2)3/h15-16H,8-14H2,1-7H3;15-16H,8-14H2,1-7H3;14-15H,8-13H2,1-7H3;11-12H,8-10H2,1-7H3;1,6-12H2,2-5H3/q4*+1;+2. The molecule has 0 aromatic rings. The summed E-state index contributed by atoms with van der Waals surface area (Å²) in [4.78, 5) is 12.2. The molecule has 14 nitrogen and oxygen atoms in total. The molecule has 0 saturated heterocycles. The fourth-order valence-corrected chi connectivity index (χ4v) is 10.00. The summed E-state index contributed by atoms with van der Waals surface area (Å²) in [5.74, 6) is 0. The Bertz CT molecular complexity index is 1370. The SMILES string of the molecule is CCC[N+](C)(C)CCCOCCN(C(C)C)C(C)C.CC[N+](C)(C)CCCOCCN(C(C)C)C(C)C.CC[N+](C)(C)CCN(C(C)C)C(C)C.CC[N+](C)(C)CCOCCOCCN(C(C)C)C(C)C.[CH2+]C[N+](C)(C)CCCCCCN(C)C. The Balaban J connectivity index is -0.000000316. The van der Waals surface area contributed by atoms with Crippen LogP contribution in [0.15, 0.2) is 0 Å². The summed E-state index contributed by atoms with van der Waals surface area (Å²) in [5, 5.41) is 0. The van der Waals surface area contributed by atoms with Gasteiger partial charge in [0.1, 0.15) is 13.5 Å². The van der Waals surface area contributed by atoms with E-state index in [1.807, 2.05) is 0 Å². The van der Waals surface area contributed by atoms with Crippen LogP contribution in [0.3, 0.4) is 0 Å². The van der Waals surface area contributed by atoms with Crippen molar-refractivity contribution in [2.24, 2.45) is 0 Å². The summed E-state index contributed by atoms with van der Waals surface area (Å²) < 4.78 is 28.2. The second-order valence-electron chi connectivity index (χ2n) is 30.3. The van der Waals surface area contributed by atoms with Crippen molar-refractivity contribution in [1.29, 1.82) is 0 Å². The summed E-state index contributed by atoms with van der Waals surface area (Å²) in [6.45, 7) is 72.8. The van der Waals surface area contributed by atoms with E-state index in [9.17, 15) is 0 Å². The van der Waals surface area contributed by atoms with Gasteiger partial charge in [-0.1, -0.05) is 13.3 Å². The van der Waals surface area contributed by atoms with Crippen LogP contribution in [0.4, 0.5) is 0 Å². The van der Waals surface area contributed by atoms with Gasteiger partial charge in [0.25, 0.3) is 0 Å². The van der Waals surface area contributed by atoms with E-state index in [4.69, 9.17) is 18.9 Å². The zero-order chi connectivity index (χ0) is 67.0. The Hall–Kier alpha value is -0.690. The van der Waals surface area contributed by atoms with E-state index in [1.165, 1.54) is 91.0 Å². The highest BCUT2D eigenvalue weighted by molar-refractivity contribution is 4.69. The zero-order valence-electron chi connectivity index (χ0n) is 64.6. The first-order chi connectivity index (χ1) is 39.2. The van der Waals surface area contributed by atoms with E-state index < -0.39 is 0 Å². The highest BCUT2D eigenvalue weighted by Crippen LogP contribution is 2.10. The predicted octanol–water partition coefficient (Wildman–Crippen LogP) is 12.1. The van der Waals surface area contributed by atoms with Gasteiger partial charge in [0.2, 0.25) is 6.54 Å². The lowest BCUT2D eigenvalue weighted by Gasteiger charge is -2.35. The molecule has 0 aliphatic heterocycles. The van der Waals surface area contributed by atoms with Crippen LogP contribution >= 0.6 is 0 Å². The largest absolute Gasteiger partial charge is 0.380 e.